The first kappa shape index (κ1) is 10.7. The highest BCUT2D eigenvalue weighted by atomic mass is 15.3. The van der Waals surface area contributed by atoms with Gasteiger partial charge in [-0.3, -0.25) is 9.89 Å². The predicted octanol–water partition coefficient (Wildman–Crippen LogP) is 0.491. The van der Waals surface area contributed by atoms with Gasteiger partial charge in [0.2, 0.25) is 0 Å². The van der Waals surface area contributed by atoms with Gasteiger partial charge >= 0.3 is 0 Å². The number of hydrogen-bond donors (Lipinski definition) is 1. The molecule has 1 saturated heterocycles. The van der Waals surface area contributed by atoms with Gasteiger partial charge < -0.3 is 10.6 Å². The fraction of sp³-hybridized carbons (Fsp3) is 0.909. The minimum Gasteiger partial charge on any atom is -0.370 e. The van der Waals surface area contributed by atoms with E-state index in [0.717, 1.165) is 32.2 Å². The molecule has 1 heterocycles. The van der Waals surface area contributed by atoms with Crippen LogP contribution in [0.5, 0.6) is 0 Å². The van der Waals surface area contributed by atoms with Crippen LogP contribution in [0.3, 0.4) is 0 Å². The first-order valence-corrected chi connectivity index (χ1v) is 6.02. The van der Waals surface area contributed by atoms with E-state index >= 15 is 0 Å². The molecule has 1 saturated carbocycles. The van der Waals surface area contributed by atoms with E-state index in [0.29, 0.717) is 5.96 Å². The summed E-state index contributed by atoms with van der Waals surface area (Å²) in [7, 11) is 1.76. The summed E-state index contributed by atoms with van der Waals surface area (Å²) in [6, 6.07) is 0.854. The molecule has 0 spiro atoms. The van der Waals surface area contributed by atoms with Gasteiger partial charge in [-0.25, -0.2) is 0 Å². The van der Waals surface area contributed by atoms with Crippen molar-refractivity contribution in [2.45, 2.75) is 31.7 Å². The third-order valence-electron chi connectivity index (χ3n) is 3.71. The van der Waals surface area contributed by atoms with E-state index in [1.165, 1.54) is 25.7 Å². The second-order valence-corrected chi connectivity index (χ2v) is 4.54. The Morgan fingerprint density at radius 1 is 1.13 bits per heavy atom. The minimum atomic E-state index is 0.695. The number of rotatable bonds is 1. The monoisotopic (exact) mass is 210 g/mol. The van der Waals surface area contributed by atoms with Gasteiger partial charge in [-0.15, -0.1) is 0 Å². The second kappa shape index (κ2) is 4.84. The summed E-state index contributed by atoms with van der Waals surface area (Å²) in [5, 5.41) is 0. The fourth-order valence-corrected chi connectivity index (χ4v) is 2.73. The molecule has 0 aromatic carbocycles. The van der Waals surface area contributed by atoms with Crippen LogP contribution in [0.2, 0.25) is 0 Å². The Hall–Kier alpha value is -0.770. The Bertz CT molecular complexity index is 225. The first-order valence-electron chi connectivity index (χ1n) is 6.02. The van der Waals surface area contributed by atoms with Crippen molar-refractivity contribution >= 4 is 5.96 Å². The van der Waals surface area contributed by atoms with Crippen LogP contribution < -0.4 is 5.73 Å². The van der Waals surface area contributed by atoms with E-state index in [2.05, 4.69) is 14.8 Å². The van der Waals surface area contributed by atoms with Crippen LogP contribution in [0.15, 0.2) is 4.99 Å². The Labute approximate surface area is 92.1 Å². The quantitative estimate of drug-likeness (QED) is 0.506. The molecule has 2 fully saturated rings. The predicted molar refractivity (Wildman–Crippen MR) is 62.9 cm³/mol. The number of aliphatic imine (C=N–C) groups is 1. The lowest BCUT2D eigenvalue weighted by Gasteiger charge is -2.38. The van der Waals surface area contributed by atoms with Crippen molar-refractivity contribution in [3.8, 4) is 0 Å². The Kier molecular flexibility index (Phi) is 3.46. The normalized spacial score (nSPS) is 26.2. The summed E-state index contributed by atoms with van der Waals surface area (Å²) in [5.41, 5.74) is 5.80. The van der Waals surface area contributed by atoms with Crippen molar-refractivity contribution in [2.75, 3.05) is 33.2 Å². The highest BCUT2D eigenvalue weighted by Crippen LogP contribution is 2.24. The standard InChI is InChI=1S/C11H22N4/c1-13-11(12)15-8-6-14(7-9-15)10-4-2-3-5-10/h10H,2-9H2,1H3,(H2,12,13). The van der Waals surface area contributed by atoms with Crippen LogP contribution in [0.25, 0.3) is 0 Å². The maximum atomic E-state index is 5.80. The van der Waals surface area contributed by atoms with E-state index < -0.39 is 0 Å². The van der Waals surface area contributed by atoms with Crippen LogP contribution in [0.4, 0.5) is 0 Å². The summed E-state index contributed by atoms with van der Waals surface area (Å²) in [5.74, 6) is 0.695. The van der Waals surface area contributed by atoms with Crippen molar-refractivity contribution in [1.82, 2.24) is 9.80 Å². The van der Waals surface area contributed by atoms with Gasteiger partial charge in [0, 0.05) is 39.3 Å². The number of nitrogens with two attached hydrogens (primary N) is 1. The molecule has 0 aromatic heterocycles. The maximum absolute atomic E-state index is 5.80. The Balaban J connectivity index is 1.81. The van der Waals surface area contributed by atoms with Gasteiger partial charge in [0.15, 0.2) is 5.96 Å². The number of nitrogens with zero attached hydrogens (tertiary/aromatic N) is 3. The van der Waals surface area contributed by atoms with E-state index in [9.17, 15) is 0 Å². The Morgan fingerprint density at radius 3 is 2.27 bits per heavy atom. The lowest BCUT2D eigenvalue weighted by Crippen LogP contribution is -2.53. The highest BCUT2D eigenvalue weighted by Gasteiger charge is 2.26. The molecule has 4 nitrogen and oxygen atoms in total. The molecule has 2 rings (SSSR count). The van der Waals surface area contributed by atoms with E-state index in [-0.39, 0.29) is 0 Å². The second-order valence-electron chi connectivity index (χ2n) is 4.54. The fourth-order valence-electron chi connectivity index (χ4n) is 2.73. The third kappa shape index (κ3) is 2.43. The molecule has 0 aromatic rings. The van der Waals surface area contributed by atoms with Crippen LogP contribution >= 0.6 is 0 Å². The van der Waals surface area contributed by atoms with Gasteiger partial charge in [-0.2, -0.15) is 0 Å². The summed E-state index contributed by atoms with van der Waals surface area (Å²) >= 11 is 0. The van der Waals surface area contributed by atoms with Crippen molar-refractivity contribution in [3.05, 3.63) is 0 Å². The summed E-state index contributed by atoms with van der Waals surface area (Å²) < 4.78 is 0. The lowest BCUT2D eigenvalue weighted by molar-refractivity contribution is 0.133. The van der Waals surface area contributed by atoms with Crippen molar-refractivity contribution < 1.29 is 0 Å². The first-order chi connectivity index (χ1) is 7.31. The summed E-state index contributed by atoms with van der Waals surface area (Å²) in [4.78, 5) is 8.85. The van der Waals surface area contributed by atoms with Gasteiger partial charge in [0.05, 0.1) is 0 Å². The van der Waals surface area contributed by atoms with Gasteiger partial charge in [0.1, 0.15) is 0 Å². The SMILES string of the molecule is CN=C(N)N1CCN(C2CCCC2)CC1. The zero-order valence-electron chi connectivity index (χ0n) is 9.65. The number of guanidine groups is 1. The van der Waals surface area contributed by atoms with Gasteiger partial charge in [0.25, 0.3) is 0 Å². The zero-order valence-corrected chi connectivity index (χ0v) is 9.65. The molecule has 2 N–H and O–H groups in total. The van der Waals surface area contributed by atoms with E-state index in [1.54, 1.807) is 7.05 Å². The summed E-state index contributed by atoms with van der Waals surface area (Å²) in [6.45, 7) is 4.39. The van der Waals surface area contributed by atoms with Crippen LogP contribution in [-0.2, 0) is 0 Å². The topological polar surface area (TPSA) is 44.9 Å². The molecular weight excluding hydrogens is 188 g/mol. The number of hydrogen-bond acceptors (Lipinski definition) is 2. The zero-order chi connectivity index (χ0) is 10.7. The molecule has 0 radical (unpaired) electrons. The lowest BCUT2D eigenvalue weighted by atomic mass is 10.2. The van der Waals surface area contributed by atoms with E-state index in [4.69, 9.17) is 5.73 Å². The Morgan fingerprint density at radius 2 is 1.73 bits per heavy atom. The van der Waals surface area contributed by atoms with Crippen LogP contribution in [0.1, 0.15) is 25.7 Å². The molecule has 15 heavy (non-hydrogen) atoms. The van der Waals surface area contributed by atoms with Gasteiger partial charge in [-0.1, -0.05) is 12.8 Å². The molecule has 0 amide bonds. The van der Waals surface area contributed by atoms with Gasteiger partial charge in [-0.05, 0) is 12.8 Å². The van der Waals surface area contributed by atoms with Crippen molar-refractivity contribution in [3.63, 3.8) is 0 Å². The highest BCUT2D eigenvalue weighted by molar-refractivity contribution is 5.77. The van der Waals surface area contributed by atoms with Crippen LogP contribution in [-0.4, -0.2) is 55.0 Å². The summed E-state index contributed by atoms with van der Waals surface area (Å²) in [6.07, 6.45) is 5.64. The smallest absolute Gasteiger partial charge is 0.191 e. The average Bonchev–Trinajstić information content (AvgIpc) is 2.82. The third-order valence-corrected chi connectivity index (χ3v) is 3.71. The largest absolute Gasteiger partial charge is 0.370 e. The van der Waals surface area contributed by atoms with E-state index in [1.807, 2.05) is 0 Å². The number of piperazine rings is 1. The molecule has 86 valence electrons. The molecule has 2 aliphatic rings. The average molecular weight is 210 g/mol. The van der Waals surface area contributed by atoms with Crippen molar-refractivity contribution in [2.24, 2.45) is 10.7 Å². The molecule has 0 atom stereocenters. The molecule has 4 heteroatoms. The van der Waals surface area contributed by atoms with Crippen molar-refractivity contribution in [1.29, 1.82) is 0 Å². The minimum absolute atomic E-state index is 0.695. The maximum Gasteiger partial charge on any atom is 0.191 e. The molecule has 1 aliphatic heterocycles. The molecule has 1 aliphatic carbocycles. The molecule has 0 bridgehead atoms. The molecular formula is C11H22N4. The molecule has 0 unspecified atom stereocenters. The van der Waals surface area contributed by atoms with Crippen LogP contribution in [0, 0.1) is 0 Å².